The zero-order valence-corrected chi connectivity index (χ0v) is 37.3. The first-order valence-corrected chi connectivity index (χ1v) is 22.4. The van der Waals surface area contributed by atoms with E-state index < -0.39 is 23.5 Å². The molecule has 7 aromatic rings. The molecule has 2 fully saturated rings. The van der Waals surface area contributed by atoms with Gasteiger partial charge in [-0.2, -0.15) is 31.4 Å². The van der Waals surface area contributed by atoms with E-state index in [1.54, 1.807) is 37.9 Å². The van der Waals surface area contributed by atoms with Crippen molar-refractivity contribution in [2.24, 2.45) is 4.99 Å². The Morgan fingerprint density at radius 2 is 1.45 bits per heavy atom. The highest BCUT2D eigenvalue weighted by atomic mass is 19.4. The number of imidazole rings is 1. The molecule has 2 N–H and O–H groups in total. The number of benzene rings is 2. The second kappa shape index (κ2) is 19.1. The number of alkyl halides is 6. The standard InChI is InChI=1S/C51H46F6N10O2/c1-3-41(58-27-32(2)50(52,53)54)60-29-38-13-9-25-64(38)48(68)44-40-22-20-36(31-67(40)63-45(44)34-11-5-4-6-12-34)33-16-18-35(19-17-33)46-47(66-24-8-7-15-43(66)62-46)49(69)65-26-10-14-39(65)30-61-42-23-21-37(28-59-42)51(55,56)57/h3-8,11-12,15-24,27-28,31,38-39,60H,2,9-10,13-14,25-26,29-30H2,1H3,(H,59,61)/b41-3+,58-27-/t38-,39-/m0/s1. The number of allylic oxidation sites excluding steroid dienone is 2. The van der Waals surface area contributed by atoms with Crippen molar-refractivity contribution >= 4 is 35.0 Å². The Bertz CT molecular complexity index is 3090. The maximum atomic E-state index is 14.7. The Balaban J connectivity index is 0.964. The minimum atomic E-state index is -4.59. The molecule has 2 saturated heterocycles. The zero-order valence-electron chi connectivity index (χ0n) is 37.3. The van der Waals surface area contributed by atoms with Gasteiger partial charge < -0.3 is 20.4 Å². The summed E-state index contributed by atoms with van der Waals surface area (Å²) in [4.78, 5) is 45.5. The van der Waals surface area contributed by atoms with Gasteiger partial charge >= 0.3 is 12.4 Å². The number of hydrogen-bond donors (Lipinski definition) is 2. The molecule has 7 heterocycles. The summed E-state index contributed by atoms with van der Waals surface area (Å²) in [6.07, 6.45) is 0.474. The van der Waals surface area contributed by atoms with E-state index in [-0.39, 0.29) is 42.1 Å². The Labute approximate surface area is 392 Å². The number of hydrogen-bond acceptors (Lipinski definition) is 8. The van der Waals surface area contributed by atoms with E-state index in [1.807, 2.05) is 91.1 Å². The maximum Gasteiger partial charge on any atom is 0.417 e. The monoisotopic (exact) mass is 944 g/mol. The van der Waals surface area contributed by atoms with E-state index in [0.717, 1.165) is 41.8 Å². The third-order valence-electron chi connectivity index (χ3n) is 12.5. The number of aromatic nitrogens is 5. The van der Waals surface area contributed by atoms with Crippen LogP contribution in [0.3, 0.4) is 0 Å². The van der Waals surface area contributed by atoms with Crippen molar-refractivity contribution in [2.45, 2.75) is 57.0 Å². The minimum absolute atomic E-state index is 0.216. The Kier molecular flexibility index (Phi) is 12.8. The Hall–Kier alpha value is -7.76. The number of rotatable bonds is 13. The van der Waals surface area contributed by atoms with Crippen LogP contribution in [0.1, 0.15) is 59.0 Å². The molecule has 0 radical (unpaired) electrons. The quantitative estimate of drug-likeness (QED) is 0.0871. The van der Waals surface area contributed by atoms with E-state index in [2.05, 4.69) is 27.2 Å². The summed E-state index contributed by atoms with van der Waals surface area (Å²) in [5, 5.41) is 11.2. The molecule has 0 aliphatic carbocycles. The van der Waals surface area contributed by atoms with Gasteiger partial charge in [-0.3, -0.25) is 14.0 Å². The third-order valence-corrected chi connectivity index (χ3v) is 12.5. The van der Waals surface area contributed by atoms with Gasteiger partial charge in [0.05, 0.1) is 22.2 Å². The van der Waals surface area contributed by atoms with Gasteiger partial charge in [0.1, 0.15) is 34.4 Å². The molecular weight excluding hydrogens is 899 g/mol. The third kappa shape index (κ3) is 9.69. The lowest BCUT2D eigenvalue weighted by Gasteiger charge is -2.25. The second-order valence-corrected chi connectivity index (χ2v) is 16.9. The summed E-state index contributed by atoms with van der Waals surface area (Å²) in [5.41, 5.74) is 4.22. The van der Waals surface area contributed by atoms with E-state index in [0.29, 0.717) is 78.1 Å². The molecule has 0 saturated carbocycles. The van der Waals surface area contributed by atoms with Crippen LogP contribution < -0.4 is 10.6 Å². The van der Waals surface area contributed by atoms with Gasteiger partial charge in [0.15, 0.2) is 0 Å². The van der Waals surface area contributed by atoms with E-state index >= 15 is 0 Å². The van der Waals surface area contributed by atoms with Crippen LogP contribution in [0.2, 0.25) is 0 Å². The molecule has 0 bridgehead atoms. The van der Waals surface area contributed by atoms with Crippen LogP contribution in [0, 0.1) is 0 Å². The molecule has 12 nitrogen and oxygen atoms in total. The summed E-state index contributed by atoms with van der Waals surface area (Å²) in [7, 11) is 0. The molecule has 2 aromatic carbocycles. The minimum Gasteiger partial charge on any atom is -0.368 e. The van der Waals surface area contributed by atoms with Gasteiger partial charge in [-0.05, 0) is 74.6 Å². The van der Waals surface area contributed by atoms with Gasteiger partial charge in [0.25, 0.3) is 11.8 Å². The van der Waals surface area contributed by atoms with Crippen molar-refractivity contribution in [2.75, 3.05) is 31.5 Å². The van der Waals surface area contributed by atoms with Crippen LogP contribution in [0.25, 0.3) is 44.8 Å². The van der Waals surface area contributed by atoms with Crippen molar-refractivity contribution < 1.29 is 35.9 Å². The SMILES string of the molecule is C=C(/C=N\C(=C/C)NC[C@@H]1CCCN1C(=O)c1c(-c2ccccc2)nn2cc(-c3ccc(-c4nc5ccccn5c4C(=O)N4CCC[C@H]4CNc4ccc(C(F)(F)F)cn4)cc3)ccc12)C(F)(F)F. The highest BCUT2D eigenvalue weighted by molar-refractivity contribution is 6.07. The van der Waals surface area contributed by atoms with Gasteiger partial charge in [-0.25, -0.2) is 19.5 Å². The Morgan fingerprint density at radius 3 is 2.13 bits per heavy atom. The van der Waals surface area contributed by atoms with Crippen LogP contribution in [-0.2, 0) is 6.18 Å². The van der Waals surface area contributed by atoms with Crippen molar-refractivity contribution in [1.29, 1.82) is 0 Å². The zero-order chi connectivity index (χ0) is 48.5. The average Bonchev–Trinajstić information content (AvgIpc) is 4.18. The molecule has 69 heavy (non-hydrogen) atoms. The van der Waals surface area contributed by atoms with E-state index in [9.17, 15) is 35.9 Å². The van der Waals surface area contributed by atoms with Crippen molar-refractivity contribution in [3.8, 4) is 33.6 Å². The first kappa shape index (κ1) is 46.4. The molecule has 2 aliphatic rings. The number of fused-ring (bicyclic) bond motifs is 2. The smallest absolute Gasteiger partial charge is 0.368 e. The van der Waals surface area contributed by atoms with E-state index in [1.165, 1.54) is 6.07 Å². The molecule has 18 heteroatoms. The van der Waals surface area contributed by atoms with Crippen molar-refractivity contribution in [3.05, 3.63) is 157 Å². The molecule has 2 atom stereocenters. The number of anilines is 1. The summed E-state index contributed by atoms with van der Waals surface area (Å²) >= 11 is 0. The van der Waals surface area contributed by atoms with Crippen molar-refractivity contribution in [1.82, 2.24) is 39.1 Å². The molecule has 0 unspecified atom stereocenters. The number of nitrogens with zero attached hydrogens (tertiary/aromatic N) is 8. The van der Waals surface area contributed by atoms with Gasteiger partial charge in [0.2, 0.25) is 0 Å². The number of nitrogens with one attached hydrogen (secondary N) is 2. The summed E-state index contributed by atoms with van der Waals surface area (Å²) in [5.74, 6) is 0.0757. The molecule has 9 rings (SSSR count). The van der Waals surface area contributed by atoms with E-state index in [4.69, 9.17) is 10.1 Å². The largest absolute Gasteiger partial charge is 0.417 e. The first-order valence-electron chi connectivity index (χ1n) is 22.4. The molecule has 5 aromatic heterocycles. The van der Waals surface area contributed by atoms with Crippen LogP contribution >= 0.6 is 0 Å². The summed E-state index contributed by atoms with van der Waals surface area (Å²) < 4.78 is 81.9. The lowest BCUT2D eigenvalue weighted by atomic mass is 10.0. The second-order valence-electron chi connectivity index (χ2n) is 16.9. The normalized spacial score (nSPS) is 16.8. The molecule has 2 amide bonds. The number of carbonyl (C=O) groups is 2. The topological polar surface area (TPSA) is 125 Å². The van der Waals surface area contributed by atoms with Crippen LogP contribution in [0.4, 0.5) is 32.2 Å². The predicted octanol–water partition coefficient (Wildman–Crippen LogP) is 10.4. The fraction of sp³-hybridized carbons (Fsp3) is 0.255. The lowest BCUT2D eigenvalue weighted by Crippen LogP contribution is -2.41. The Morgan fingerprint density at radius 1 is 0.783 bits per heavy atom. The molecular formula is C51H46F6N10O2. The van der Waals surface area contributed by atoms with Crippen LogP contribution in [0.15, 0.2) is 145 Å². The van der Waals surface area contributed by atoms with Gasteiger partial charge in [0, 0.05) is 79.8 Å². The highest BCUT2D eigenvalue weighted by Gasteiger charge is 2.36. The number of carbonyl (C=O) groups excluding carboxylic acids is 2. The van der Waals surface area contributed by atoms with Crippen LogP contribution in [0.5, 0.6) is 0 Å². The highest BCUT2D eigenvalue weighted by Crippen LogP contribution is 2.35. The number of halogens is 6. The van der Waals surface area contributed by atoms with Gasteiger partial charge in [-0.15, -0.1) is 0 Å². The summed E-state index contributed by atoms with van der Waals surface area (Å²) in [6, 6.07) is 28.2. The average molecular weight is 945 g/mol. The van der Waals surface area contributed by atoms with Gasteiger partial charge in [-0.1, -0.05) is 73.3 Å². The molecule has 354 valence electrons. The van der Waals surface area contributed by atoms with Crippen LogP contribution in [-0.4, -0.2) is 96.3 Å². The number of likely N-dealkylation sites (tertiary alicyclic amines) is 2. The number of aliphatic imine (C=N–C) groups is 1. The van der Waals surface area contributed by atoms with Crippen molar-refractivity contribution in [3.63, 3.8) is 0 Å². The predicted molar refractivity (Wildman–Crippen MR) is 252 cm³/mol. The number of pyridine rings is 3. The fourth-order valence-corrected chi connectivity index (χ4v) is 8.91. The molecule has 0 spiro atoms. The lowest BCUT2D eigenvalue weighted by molar-refractivity contribution is -0.137. The maximum absolute atomic E-state index is 14.7. The number of amides is 2. The fourth-order valence-electron chi connectivity index (χ4n) is 8.91. The first-order chi connectivity index (χ1) is 33.2. The summed E-state index contributed by atoms with van der Waals surface area (Å²) in [6.45, 7) is 6.26. The molecule has 2 aliphatic heterocycles.